The Morgan fingerprint density at radius 2 is 0.872 bits per heavy atom. The number of rotatable bonds is 2. The molecule has 0 saturated carbocycles. The minimum atomic E-state index is 0.814. The highest BCUT2D eigenvalue weighted by atomic mass is 32.1. The molecule has 0 N–H and O–H groups in total. The third-order valence-electron chi connectivity index (χ3n) is 7.59. The van der Waals surface area contributed by atoms with Gasteiger partial charge in [-0.2, -0.15) is 0 Å². The molecule has 0 radical (unpaired) electrons. The highest BCUT2D eigenvalue weighted by Gasteiger charge is 2.13. The van der Waals surface area contributed by atoms with Gasteiger partial charge in [0.25, 0.3) is 0 Å². The minimum Gasteiger partial charge on any atom is -0.454 e. The van der Waals surface area contributed by atoms with E-state index in [1.807, 2.05) is 60.1 Å². The summed E-state index contributed by atoms with van der Waals surface area (Å²) in [4.78, 5) is 9.11. The first-order valence-corrected chi connectivity index (χ1v) is 13.6. The van der Waals surface area contributed by atoms with Crippen LogP contribution in [-0.2, 0) is 0 Å². The first kappa shape index (κ1) is 21.0. The number of furan rings is 2. The van der Waals surface area contributed by atoms with E-state index in [0.717, 1.165) is 55.3 Å². The van der Waals surface area contributed by atoms with Gasteiger partial charge in [0.05, 0.1) is 0 Å². The van der Waals surface area contributed by atoms with E-state index in [-0.39, 0.29) is 0 Å². The molecule has 0 atom stereocenters. The first-order chi connectivity index (χ1) is 19.3. The van der Waals surface area contributed by atoms with E-state index < -0.39 is 0 Å². The zero-order valence-corrected chi connectivity index (χ0v) is 21.3. The Balaban J connectivity index is 1.20. The molecule has 182 valence electrons. The summed E-state index contributed by atoms with van der Waals surface area (Å²) < 4.78 is 14.5. The summed E-state index contributed by atoms with van der Waals surface area (Å²) >= 11 is 1.83. The lowest BCUT2D eigenvalue weighted by Gasteiger charge is -2.04. The van der Waals surface area contributed by atoms with E-state index in [9.17, 15) is 0 Å². The van der Waals surface area contributed by atoms with E-state index in [1.54, 1.807) is 0 Å². The fourth-order valence-corrected chi connectivity index (χ4v) is 6.76. The normalized spacial score (nSPS) is 12.1. The monoisotopic (exact) mass is 518 g/mol. The fraction of sp³-hybridized carbons (Fsp3) is 0. The van der Waals surface area contributed by atoms with E-state index >= 15 is 0 Å². The Morgan fingerprint density at radius 1 is 0.436 bits per heavy atom. The van der Waals surface area contributed by atoms with Crippen LogP contribution in [0.3, 0.4) is 0 Å². The van der Waals surface area contributed by atoms with Crippen LogP contribution in [0.4, 0.5) is 0 Å². The van der Waals surface area contributed by atoms with E-state index in [2.05, 4.69) is 70.6 Å². The largest absolute Gasteiger partial charge is 0.454 e. The molecule has 0 fully saturated rings. The standard InChI is InChI=1S/C34H18N2O2S/c1-3-29-33(35-13-1)25-17-19(5-9-27(25)37-29)21-7-11-31-23(15-21)24-16-22(8-12-32(24)39-31)20-6-10-28-26(18-20)34-30(38-28)4-2-14-36-34/h1-18H. The molecule has 39 heavy (non-hydrogen) atoms. The summed E-state index contributed by atoms with van der Waals surface area (Å²) in [5.41, 5.74) is 9.80. The smallest absolute Gasteiger partial charge is 0.153 e. The maximum Gasteiger partial charge on any atom is 0.153 e. The van der Waals surface area contributed by atoms with Crippen molar-refractivity contribution in [2.75, 3.05) is 0 Å². The predicted molar refractivity (Wildman–Crippen MR) is 160 cm³/mol. The first-order valence-electron chi connectivity index (χ1n) is 12.8. The molecule has 0 spiro atoms. The molecular formula is C34H18N2O2S. The van der Waals surface area contributed by atoms with Crippen molar-refractivity contribution >= 4 is 75.6 Å². The van der Waals surface area contributed by atoms with Crippen LogP contribution >= 0.6 is 11.3 Å². The van der Waals surface area contributed by atoms with Crippen molar-refractivity contribution in [1.29, 1.82) is 0 Å². The Hall–Kier alpha value is -5.00. The van der Waals surface area contributed by atoms with Crippen LogP contribution in [0, 0.1) is 0 Å². The third-order valence-corrected chi connectivity index (χ3v) is 8.74. The number of hydrogen-bond donors (Lipinski definition) is 0. The molecule has 9 rings (SSSR count). The molecule has 5 heterocycles. The number of pyridine rings is 2. The third kappa shape index (κ3) is 3.11. The van der Waals surface area contributed by atoms with Gasteiger partial charge in [-0.1, -0.05) is 24.3 Å². The highest BCUT2D eigenvalue weighted by Crippen LogP contribution is 2.40. The number of hydrogen-bond acceptors (Lipinski definition) is 5. The molecule has 0 aliphatic heterocycles. The summed E-state index contributed by atoms with van der Waals surface area (Å²) in [7, 11) is 0. The lowest BCUT2D eigenvalue weighted by atomic mass is 9.99. The average molecular weight is 519 g/mol. The molecular weight excluding hydrogens is 500 g/mol. The van der Waals surface area contributed by atoms with Gasteiger partial charge >= 0.3 is 0 Å². The van der Waals surface area contributed by atoms with Crippen molar-refractivity contribution in [3.8, 4) is 22.3 Å². The quantitative estimate of drug-likeness (QED) is 0.228. The van der Waals surface area contributed by atoms with Crippen LogP contribution in [0.5, 0.6) is 0 Å². The van der Waals surface area contributed by atoms with Gasteiger partial charge in [0, 0.05) is 43.3 Å². The van der Waals surface area contributed by atoms with Crippen molar-refractivity contribution in [2.24, 2.45) is 0 Å². The van der Waals surface area contributed by atoms with Crippen LogP contribution in [0.15, 0.2) is 118 Å². The van der Waals surface area contributed by atoms with Gasteiger partial charge in [-0.05, 0) is 95.1 Å². The number of aromatic nitrogens is 2. The Morgan fingerprint density at radius 3 is 1.36 bits per heavy atom. The molecule has 4 nitrogen and oxygen atoms in total. The van der Waals surface area contributed by atoms with E-state index in [0.29, 0.717) is 0 Å². The number of benzene rings is 4. The molecule has 5 aromatic heterocycles. The van der Waals surface area contributed by atoms with Crippen LogP contribution in [0.1, 0.15) is 0 Å². The lowest BCUT2D eigenvalue weighted by molar-refractivity contribution is 0.668. The molecule has 0 saturated heterocycles. The lowest BCUT2D eigenvalue weighted by Crippen LogP contribution is -1.80. The second-order valence-corrected chi connectivity index (χ2v) is 10.9. The molecule has 5 heteroatoms. The van der Waals surface area contributed by atoms with Gasteiger partial charge in [0.2, 0.25) is 0 Å². The van der Waals surface area contributed by atoms with E-state index in [1.165, 1.54) is 31.3 Å². The van der Waals surface area contributed by atoms with Crippen LogP contribution < -0.4 is 0 Å². The number of thiophene rings is 1. The van der Waals surface area contributed by atoms with Crippen LogP contribution in [0.2, 0.25) is 0 Å². The Bertz CT molecular complexity index is 2240. The zero-order chi connectivity index (χ0) is 25.5. The van der Waals surface area contributed by atoms with Gasteiger partial charge in [-0.3, -0.25) is 9.97 Å². The number of nitrogens with zero attached hydrogens (tertiary/aromatic N) is 2. The molecule has 0 bridgehead atoms. The van der Waals surface area contributed by atoms with Crippen molar-refractivity contribution in [2.45, 2.75) is 0 Å². The molecule has 0 amide bonds. The summed E-state index contributed by atoms with van der Waals surface area (Å²) in [6.07, 6.45) is 3.63. The average Bonchev–Trinajstić information content (AvgIpc) is 3.66. The van der Waals surface area contributed by atoms with Crippen molar-refractivity contribution < 1.29 is 8.83 Å². The second-order valence-electron chi connectivity index (χ2n) is 9.85. The molecule has 0 unspecified atom stereocenters. The van der Waals surface area contributed by atoms with Crippen molar-refractivity contribution in [3.63, 3.8) is 0 Å². The van der Waals surface area contributed by atoms with Crippen LogP contribution in [0.25, 0.3) is 86.6 Å². The zero-order valence-electron chi connectivity index (χ0n) is 20.5. The molecule has 0 aliphatic carbocycles. The molecule has 0 aliphatic rings. The van der Waals surface area contributed by atoms with Gasteiger partial charge in [-0.25, -0.2) is 0 Å². The topological polar surface area (TPSA) is 52.1 Å². The Labute approximate surface area is 225 Å². The Kier molecular flexibility index (Phi) is 4.18. The second kappa shape index (κ2) is 7.76. The van der Waals surface area contributed by atoms with Gasteiger partial charge < -0.3 is 8.83 Å². The van der Waals surface area contributed by atoms with Gasteiger partial charge in [-0.15, -0.1) is 11.3 Å². The minimum absolute atomic E-state index is 0.814. The van der Waals surface area contributed by atoms with Gasteiger partial charge in [0.15, 0.2) is 11.2 Å². The summed E-state index contributed by atoms with van der Waals surface area (Å²) in [6.45, 7) is 0. The fourth-order valence-electron chi connectivity index (χ4n) is 5.69. The van der Waals surface area contributed by atoms with E-state index in [4.69, 9.17) is 8.83 Å². The van der Waals surface area contributed by atoms with Crippen molar-refractivity contribution in [1.82, 2.24) is 9.97 Å². The highest BCUT2D eigenvalue weighted by molar-refractivity contribution is 7.25. The molecule has 9 aromatic rings. The maximum atomic E-state index is 5.99. The molecule has 4 aromatic carbocycles. The SMILES string of the molecule is c1cnc2c(c1)oc1ccc(-c3ccc4sc5ccc(-c6ccc7oc8cccnc8c7c6)cc5c4c3)cc12. The predicted octanol–water partition coefficient (Wildman–Crippen LogP) is 9.98. The van der Waals surface area contributed by atoms with Gasteiger partial charge in [0.1, 0.15) is 22.2 Å². The van der Waals surface area contributed by atoms with Crippen LogP contribution in [-0.4, -0.2) is 9.97 Å². The van der Waals surface area contributed by atoms with Crippen molar-refractivity contribution in [3.05, 3.63) is 109 Å². The summed E-state index contributed by atoms with van der Waals surface area (Å²) in [6, 6.07) is 34.0. The maximum absolute atomic E-state index is 5.99. The summed E-state index contributed by atoms with van der Waals surface area (Å²) in [5, 5.41) is 4.61. The number of fused-ring (bicyclic) bond motifs is 9. The summed E-state index contributed by atoms with van der Waals surface area (Å²) in [5.74, 6) is 0.